The third-order valence-corrected chi connectivity index (χ3v) is 5.79. The number of ether oxygens (including phenoxy) is 1. The Balaban J connectivity index is 1.42. The summed E-state index contributed by atoms with van der Waals surface area (Å²) in [6.45, 7) is 3.40. The maximum Gasteiger partial charge on any atom is 0.231 e. The van der Waals surface area contributed by atoms with E-state index in [1.165, 1.54) is 10.3 Å². The third kappa shape index (κ3) is 3.22. The minimum absolute atomic E-state index is 0.0289. The van der Waals surface area contributed by atoms with Crippen LogP contribution in [0.2, 0.25) is 5.02 Å². The third-order valence-electron chi connectivity index (χ3n) is 4.47. The molecule has 1 N–H and O–H groups in total. The van der Waals surface area contributed by atoms with E-state index in [-0.39, 0.29) is 11.8 Å². The molecule has 2 heterocycles. The summed E-state index contributed by atoms with van der Waals surface area (Å²) in [6, 6.07) is 11.4. The molecular formula is C19H18ClN3O2S. The van der Waals surface area contributed by atoms with Gasteiger partial charge in [-0.15, -0.1) is 0 Å². The van der Waals surface area contributed by atoms with Crippen LogP contribution < -0.4 is 15.0 Å². The summed E-state index contributed by atoms with van der Waals surface area (Å²) < 4.78 is 6.45. The summed E-state index contributed by atoms with van der Waals surface area (Å²) in [5, 5.41) is 4.44. The van der Waals surface area contributed by atoms with E-state index < -0.39 is 0 Å². The fourth-order valence-electron chi connectivity index (χ4n) is 2.97. The molecule has 0 radical (unpaired) electrons. The molecule has 0 aliphatic carbocycles. The van der Waals surface area contributed by atoms with Gasteiger partial charge in [-0.2, -0.15) is 0 Å². The Kier molecular flexibility index (Phi) is 4.46. The first-order valence-electron chi connectivity index (χ1n) is 8.30. The number of aryl methyl sites for hydroxylation is 1. The number of thiazole rings is 1. The van der Waals surface area contributed by atoms with Crippen molar-refractivity contribution in [1.82, 2.24) is 4.98 Å². The van der Waals surface area contributed by atoms with Crippen LogP contribution in [0.15, 0.2) is 36.4 Å². The number of methoxy groups -OCH3 is 1. The van der Waals surface area contributed by atoms with Crippen LogP contribution in [0.5, 0.6) is 5.75 Å². The Morgan fingerprint density at radius 1 is 1.31 bits per heavy atom. The van der Waals surface area contributed by atoms with E-state index in [4.69, 9.17) is 16.3 Å². The number of carbonyl (C=O) groups is 1. The fourth-order valence-corrected chi connectivity index (χ4v) is 4.22. The summed E-state index contributed by atoms with van der Waals surface area (Å²) in [6.07, 6.45) is 0. The first-order chi connectivity index (χ1) is 12.5. The maximum absolute atomic E-state index is 12.5. The number of nitrogens with zero attached hydrogens (tertiary/aromatic N) is 2. The molecule has 134 valence electrons. The van der Waals surface area contributed by atoms with Crippen LogP contribution in [0, 0.1) is 12.8 Å². The molecule has 3 aromatic rings. The lowest BCUT2D eigenvalue weighted by atomic mass is 10.00. The molecule has 1 amide bonds. The second-order valence-electron chi connectivity index (χ2n) is 6.40. The molecule has 0 spiro atoms. The van der Waals surface area contributed by atoms with Crippen LogP contribution >= 0.6 is 22.9 Å². The van der Waals surface area contributed by atoms with Gasteiger partial charge in [0.2, 0.25) is 5.91 Å². The summed E-state index contributed by atoms with van der Waals surface area (Å²) in [7, 11) is 1.57. The number of halogens is 1. The van der Waals surface area contributed by atoms with Crippen molar-refractivity contribution in [1.29, 1.82) is 0 Å². The van der Waals surface area contributed by atoms with Crippen LogP contribution in [-0.2, 0) is 4.79 Å². The molecular weight excluding hydrogens is 370 g/mol. The van der Waals surface area contributed by atoms with Crippen molar-refractivity contribution < 1.29 is 9.53 Å². The van der Waals surface area contributed by atoms with Crippen LogP contribution in [0.4, 0.5) is 10.8 Å². The zero-order valence-corrected chi connectivity index (χ0v) is 16.0. The zero-order chi connectivity index (χ0) is 18.3. The molecule has 0 unspecified atom stereocenters. The quantitative estimate of drug-likeness (QED) is 0.723. The van der Waals surface area contributed by atoms with Crippen molar-refractivity contribution >= 4 is 49.9 Å². The normalized spacial score (nSPS) is 14.3. The SMILES string of the molecule is COc1ccc(Cl)cc1NC(=O)C1CN(c2nc3ccc(C)cc3s2)C1. The van der Waals surface area contributed by atoms with Gasteiger partial charge in [0.05, 0.1) is 28.9 Å². The molecule has 1 aromatic heterocycles. The van der Waals surface area contributed by atoms with Gasteiger partial charge in [0, 0.05) is 18.1 Å². The Morgan fingerprint density at radius 3 is 2.88 bits per heavy atom. The lowest BCUT2D eigenvalue weighted by Gasteiger charge is -2.38. The van der Waals surface area contributed by atoms with Gasteiger partial charge >= 0.3 is 0 Å². The van der Waals surface area contributed by atoms with Crippen molar-refractivity contribution in [2.24, 2.45) is 5.92 Å². The molecule has 5 nitrogen and oxygen atoms in total. The van der Waals surface area contributed by atoms with Gasteiger partial charge in [0.25, 0.3) is 0 Å². The molecule has 2 aromatic carbocycles. The number of nitrogens with one attached hydrogen (secondary N) is 1. The number of benzene rings is 2. The van der Waals surface area contributed by atoms with Gasteiger partial charge in [-0.25, -0.2) is 4.98 Å². The smallest absolute Gasteiger partial charge is 0.231 e. The van der Waals surface area contributed by atoms with Crippen LogP contribution in [0.25, 0.3) is 10.2 Å². The average molecular weight is 388 g/mol. The Morgan fingerprint density at radius 2 is 2.12 bits per heavy atom. The Hall–Kier alpha value is -2.31. The Labute approximate surface area is 160 Å². The average Bonchev–Trinajstić information content (AvgIpc) is 2.96. The predicted molar refractivity (Wildman–Crippen MR) is 107 cm³/mol. The molecule has 4 rings (SSSR count). The second-order valence-corrected chi connectivity index (χ2v) is 7.85. The van der Waals surface area contributed by atoms with Gasteiger partial charge in [0.1, 0.15) is 5.75 Å². The van der Waals surface area contributed by atoms with Crippen molar-refractivity contribution in [3.8, 4) is 5.75 Å². The van der Waals surface area contributed by atoms with Crippen molar-refractivity contribution in [3.05, 3.63) is 47.0 Å². The number of anilines is 2. The first kappa shape index (κ1) is 17.1. The lowest BCUT2D eigenvalue weighted by Crippen LogP contribution is -2.52. The molecule has 0 saturated carbocycles. The van der Waals surface area contributed by atoms with E-state index in [1.807, 2.05) is 6.07 Å². The highest BCUT2D eigenvalue weighted by Gasteiger charge is 2.34. The minimum atomic E-state index is -0.0764. The van der Waals surface area contributed by atoms with Gasteiger partial charge in [0.15, 0.2) is 5.13 Å². The summed E-state index contributed by atoms with van der Waals surface area (Å²) in [4.78, 5) is 19.3. The highest BCUT2D eigenvalue weighted by molar-refractivity contribution is 7.22. The first-order valence-corrected chi connectivity index (χ1v) is 9.49. The second kappa shape index (κ2) is 6.78. The van der Waals surface area contributed by atoms with Gasteiger partial charge in [-0.1, -0.05) is 29.0 Å². The number of rotatable bonds is 4. The summed E-state index contributed by atoms with van der Waals surface area (Å²) in [5.41, 5.74) is 2.83. The summed E-state index contributed by atoms with van der Waals surface area (Å²) >= 11 is 7.68. The van der Waals surface area contributed by atoms with E-state index in [0.717, 1.165) is 10.6 Å². The summed E-state index contributed by atoms with van der Waals surface area (Å²) in [5.74, 6) is 0.492. The number of hydrogen-bond donors (Lipinski definition) is 1. The number of aromatic nitrogens is 1. The standard InChI is InChI=1S/C19H18ClN3O2S/c1-11-3-5-14-17(7-11)26-19(22-14)23-9-12(10-23)18(24)21-15-8-13(20)4-6-16(15)25-2/h3-8,12H,9-10H2,1-2H3,(H,21,24). The largest absolute Gasteiger partial charge is 0.495 e. The highest BCUT2D eigenvalue weighted by Crippen LogP contribution is 2.34. The molecule has 1 aliphatic heterocycles. The van der Waals surface area contributed by atoms with Crippen molar-refractivity contribution in [3.63, 3.8) is 0 Å². The topological polar surface area (TPSA) is 54.5 Å². The molecule has 0 atom stereocenters. The monoisotopic (exact) mass is 387 g/mol. The minimum Gasteiger partial charge on any atom is -0.495 e. The van der Waals surface area contributed by atoms with Gasteiger partial charge < -0.3 is 15.0 Å². The molecule has 1 aliphatic rings. The fraction of sp³-hybridized carbons (Fsp3) is 0.263. The van der Waals surface area contributed by atoms with E-state index in [1.54, 1.807) is 36.6 Å². The van der Waals surface area contributed by atoms with Crippen molar-refractivity contribution in [2.45, 2.75) is 6.92 Å². The van der Waals surface area contributed by atoms with E-state index in [9.17, 15) is 4.79 Å². The van der Waals surface area contributed by atoms with Gasteiger partial charge in [-0.3, -0.25) is 4.79 Å². The van der Waals surface area contributed by atoms with Gasteiger partial charge in [-0.05, 0) is 42.8 Å². The zero-order valence-electron chi connectivity index (χ0n) is 14.5. The maximum atomic E-state index is 12.5. The molecule has 26 heavy (non-hydrogen) atoms. The Bertz CT molecular complexity index is 982. The van der Waals surface area contributed by atoms with E-state index >= 15 is 0 Å². The number of fused-ring (bicyclic) bond motifs is 1. The van der Waals surface area contributed by atoms with Crippen LogP contribution in [-0.4, -0.2) is 31.1 Å². The van der Waals surface area contributed by atoms with E-state index in [2.05, 4.69) is 34.3 Å². The number of amides is 1. The predicted octanol–water partition coefficient (Wildman–Crippen LogP) is 4.34. The lowest BCUT2D eigenvalue weighted by molar-refractivity contribution is -0.120. The molecule has 7 heteroatoms. The van der Waals surface area contributed by atoms with Crippen molar-refractivity contribution in [2.75, 3.05) is 30.4 Å². The van der Waals surface area contributed by atoms with Crippen LogP contribution in [0.1, 0.15) is 5.56 Å². The molecule has 0 bridgehead atoms. The number of carbonyl (C=O) groups excluding carboxylic acids is 1. The number of hydrogen-bond acceptors (Lipinski definition) is 5. The molecule has 1 saturated heterocycles. The van der Waals surface area contributed by atoms with Crippen LogP contribution in [0.3, 0.4) is 0 Å². The molecule has 1 fully saturated rings. The van der Waals surface area contributed by atoms with E-state index in [0.29, 0.717) is 29.5 Å². The highest BCUT2D eigenvalue weighted by atomic mass is 35.5.